The molecule has 90 valence electrons. The van der Waals surface area contributed by atoms with Crippen LogP contribution in [0.4, 0.5) is 5.13 Å². The Morgan fingerprint density at radius 3 is 2.67 bits per heavy atom. The van der Waals surface area contributed by atoms with Crippen LogP contribution in [0.1, 0.15) is 15.9 Å². The minimum atomic E-state index is -0.0155. The highest BCUT2D eigenvalue weighted by Crippen LogP contribution is 2.24. The SMILES string of the molecule is N#Cc1ccc(C(=O)CSc2nnc(N)s2)cc1. The van der Waals surface area contributed by atoms with Crippen LogP contribution in [0.5, 0.6) is 0 Å². The van der Waals surface area contributed by atoms with Gasteiger partial charge in [-0.25, -0.2) is 0 Å². The van der Waals surface area contributed by atoms with E-state index in [9.17, 15) is 4.79 Å². The smallest absolute Gasteiger partial charge is 0.203 e. The van der Waals surface area contributed by atoms with Crippen molar-refractivity contribution < 1.29 is 4.79 Å². The fraction of sp³-hybridized carbons (Fsp3) is 0.0909. The molecule has 7 heteroatoms. The van der Waals surface area contributed by atoms with Gasteiger partial charge in [0.15, 0.2) is 10.1 Å². The van der Waals surface area contributed by atoms with E-state index < -0.39 is 0 Å². The van der Waals surface area contributed by atoms with Crippen molar-refractivity contribution in [3.8, 4) is 6.07 Å². The lowest BCUT2D eigenvalue weighted by Gasteiger charge is -1.98. The molecule has 0 fully saturated rings. The summed E-state index contributed by atoms with van der Waals surface area (Å²) in [6.45, 7) is 0. The van der Waals surface area contributed by atoms with Crippen molar-refractivity contribution in [1.82, 2.24) is 10.2 Å². The predicted octanol–water partition coefficient (Wildman–Crippen LogP) is 1.97. The van der Waals surface area contributed by atoms with Gasteiger partial charge in [-0.1, -0.05) is 35.2 Å². The maximum atomic E-state index is 11.8. The van der Waals surface area contributed by atoms with E-state index in [4.69, 9.17) is 11.0 Å². The monoisotopic (exact) mass is 276 g/mol. The Hall–Kier alpha value is -1.91. The van der Waals surface area contributed by atoms with Crippen LogP contribution in [0.25, 0.3) is 0 Å². The van der Waals surface area contributed by atoms with Crippen LogP contribution in [0.15, 0.2) is 28.6 Å². The molecule has 5 nitrogen and oxygen atoms in total. The van der Waals surface area contributed by atoms with Crippen LogP contribution < -0.4 is 5.73 Å². The number of hydrogen-bond acceptors (Lipinski definition) is 7. The lowest BCUT2D eigenvalue weighted by atomic mass is 10.1. The van der Waals surface area contributed by atoms with E-state index in [1.807, 2.05) is 6.07 Å². The number of benzene rings is 1. The number of aromatic nitrogens is 2. The van der Waals surface area contributed by atoms with Crippen LogP contribution in [-0.4, -0.2) is 21.7 Å². The van der Waals surface area contributed by atoms with Gasteiger partial charge in [-0.15, -0.1) is 10.2 Å². The molecule has 0 spiro atoms. The summed E-state index contributed by atoms with van der Waals surface area (Å²) in [7, 11) is 0. The number of nitriles is 1. The molecule has 0 unspecified atom stereocenters. The van der Waals surface area contributed by atoms with Crippen LogP contribution in [0.3, 0.4) is 0 Å². The zero-order chi connectivity index (χ0) is 13.0. The van der Waals surface area contributed by atoms with E-state index >= 15 is 0 Å². The third-order valence-electron chi connectivity index (χ3n) is 2.08. The van der Waals surface area contributed by atoms with Gasteiger partial charge in [-0.05, 0) is 12.1 Å². The fourth-order valence-corrected chi connectivity index (χ4v) is 2.75. The summed E-state index contributed by atoms with van der Waals surface area (Å²) in [5.74, 6) is 0.263. The molecule has 0 aliphatic heterocycles. The molecule has 0 aliphatic carbocycles. The van der Waals surface area contributed by atoms with E-state index in [2.05, 4.69) is 10.2 Å². The average molecular weight is 276 g/mol. The molecule has 0 aliphatic rings. The van der Waals surface area contributed by atoms with Crippen LogP contribution in [0, 0.1) is 11.3 Å². The van der Waals surface area contributed by atoms with Crippen LogP contribution in [0.2, 0.25) is 0 Å². The van der Waals surface area contributed by atoms with Gasteiger partial charge in [0, 0.05) is 5.56 Å². The fourth-order valence-electron chi connectivity index (χ4n) is 1.22. The number of carbonyl (C=O) groups excluding carboxylic acids is 1. The zero-order valence-electron chi connectivity index (χ0n) is 9.16. The Balaban J connectivity index is 1.97. The second-order valence-corrected chi connectivity index (χ2v) is 5.54. The maximum Gasteiger partial charge on any atom is 0.203 e. The van der Waals surface area contributed by atoms with Gasteiger partial charge in [0.05, 0.1) is 17.4 Å². The molecule has 0 saturated carbocycles. The summed E-state index contributed by atoms with van der Waals surface area (Å²) < 4.78 is 0.675. The summed E-state index contributed by atoms with van der Waals surface area (Å²) in [5, 5.41) is 16.5. The highest BCUT2D eigenvalue weighted by atomic mass is 32.2. The number of nitrogens with zero attached hydrogens (tertiary/aromatic N) is 3. The van der Waals surface area contributed by atoms with E-state index in [1.54, 1.807) is 24.3 Å². The minimum absolute atomic E-state index is 0.0155. The predicted molar refractivity (Wildman–Crippen MR) is 70.5 cm³/mol. The van der Waals surface area contributed by atoms with Gasteiger partial charge in [0.1, 0.15) is 0 Å². The zero-order valence-corrected chi connectivity index (χ0v) is 10.8. The summed E-state index contributed by atoms with van der Waals surface area (Å²) in [4.78, 5) is 11.8. The summed E-state index contributed by atoms with van der Waals surface area (Å²) >= 11 is 2.56. The first-order valence-electron chi connectivity index (χ1n) is 4.94. The van der Waals surface area contributed by atoms with E-state index in [0.29, 0.717) is 20.6 Å². The molecule has 1 heterocycles. The first-order valence-corrected chi connectivity index (χ1v) is 6.74. The topological polar surface area (TPSA) is 92.7 Å². The highest BCUT2D eigenvalue weighted by molar-refractivity contribution is 8.01. The number of ketones is 1. The first kappa shape index (κ1) is 12.5. The molecule has 1 aromatic carbocycles. The second-order valence-electron chi connectivity index (χ2n) is 3.31. The van der Waals surface area contributed by atoms with Crippen molar-refractivity contribution in [3.05, 3.63) is 35.4 Å². The molecule has 0 atom stereocenters. The maximum absolute atomic E-state index is 11.8. The molecule has 2 N–H and O–H groups in total. The molecular weight excluding hydrogens is 268 g/mol. The average Bonchev–Trinajstić information content (AvgIpc) is 2.82. The number of hydrogen-bond donors (Lipinski definition) is 1. The number of Topliss-reactive ketones (excluding diaryl/α,β-unsaturated/α-hetero) is 1. The quantitative estimate of drug-likeness (QED) is 0.678. The first-order chi connectivity index (χ1) is 8.69. The van der Waals surface area contributed by atoms with Gasteiger partial charge >= 0.3 is 0 Å². The molecule has 1 aromatic heterocycles. The van der Waals surface area contributed by atoms with Crippen molar-refractivity contribution >= 4 is 34.0 Å². The van der Waals surface area contributed by atoms with Crippen LogP contribution in [-0.2, 0) is 0 Å². The molecule has 0 radical (unpaired) electrons. The number of anilines is 1. The Kier molecular flexibility index (Phi) is 3.92. The van der Waals surface area contributed by atoms with Crippen molar-refractivity contribution in [2.75, 3.05) is 11.5 Å². The summed E-state index contributed by atoms with van der Waals surface area (Å²) in [5.41, 5.74) is 6.56. The van der Waals surface area contributed by atoms with Crippen molar-refractivity contribution in [1.29, 1.82) is 5.26 Å². The lowest BCUT2D eigenvalue weighted by molar-refractivity contribution is 0.102. The van der Waals surface area contributed by atoms with Crippen molar-refractivity contribution in [2.45, 2.75) is 4.34 Å². The third kappa shape index (κ3) is 3.06. The Bertz CT molecular complexity index is 600. The van der Waals surface area contributed by atoms with E-state index in [-0.39, 0.29) is 11.5 Å². The Morgan fingerprint density at radius 2 is 2.11 bits per heavy atom. The standard InChI is InChI=1S/C11H8N4OS2/c12-5-7-1-3-8(4-2-7)9(16)6-17-11-15-14-10(13)18-11/h1-4H,6H2,(H2,13,14). The van der Waals surface area contributed by atoms with Crippen LogP contribution >= 0.6 is 23.1 Å². The number of thioether (sulfide) groups is 1. The summed E-state index contributed by atoms with van der Waals surface area (Å²) in [6.07, 6.45) is 0. The second kappa shape index (κ2) is 5.62. The molecule has 2 aromatic rings. The van der Waals surface area contributed by atoms with Gasteiger partial charge in [0.25, 0.3) is 0 Å². The van der Waals surface area contributed by atoms with Gasteiger partial charge in [-0.2, -0.15) is 5.26 Å². The lowest BCUT2D eigenvalue weighted by Crippen LogP contribution is -2.01. The largest absolute Gasteiger partial charge is 0.374 e. The summed E-state index contributed by atoms with van der Waals surface area (Å²) in [6, 6.07) is 8.56. The molecule has 18 heavy (non-hydrogen) atoms. The number of nitrogens with two attached hydrogens (primary N) is 1. The van der Waals surface area contributed by atoms with Crippen molar-refractivity contribution in [3.63, 3.8) is 0 Å². The van der Waals surface area contributed by atoms with Crippen molar-refractivity contribution in [2.24, 2.45) is 0 Å². The Morgan fingerprint density at radius 1 is 1.39 bits per heavy atom. The van der Waals surface area contributed by atoms with E-state index in [0.717, 1.165) is 0 Å². The number of nitrogen functional groups attached to an aromatic ring is 1. The number of carbonyl (C=O) groups is 1. The third-order valence-corrected chi connectivity index (χ3v) is 3.97. The Labute approximate surface area is 112 Å². The molecule has 0 amide bonds. The molecule has 0 bridgehead atoms. The van der Waals surface area contributed by atoms with Gasteiger partial charge in [0.2, 0.25) is 5.13 Å². The molecular formula is C11H8N4OS2. The van der Waals surface area contributed by atoms with Gasteiger partial charge < -0.3 is 5.73 Å². The molecule has 2 rings (SSSR count). The van der Waals surface area contributed by atoms with Gasteiger partial charge in [-0.3, -0.25) is 4.79 Å². The molecule has 0 saturated heterocycles. The normalized spacial score (nSPS) is 9.94. The van der Waals surface area contributed by atoms with E-state index in [1.165, 1.54) is 23.1 Å². The number of rotatable bonds is 4. The minimum Gasteiger partial charge on any atom is -0.374 e. The highest BCUT2D eigenvalue weighted by Gasteiger charge is 2.09.